The summed E-state index contributed by atoms with van der Waals surface area (Å²) in [4.78, 5) is 29.4. The summed E-state index contributed by atoms with van der Waals surface area (Å²) in [6.07, 6.45) is 5.10. The quantitative estimate of drug-likeness (QED) is 0.894. The fraction of sp³-hybridized carbons (Fsp3) is 0.600. The minimum Gasteiger partial charge on any atom is -0.341 e. The average molecular weight is 341 g/mol. The van der Waals surface area contributed by atoms with Gasteiger partial charge in [-0.2, -0.15) is 0 Å². The largest absolute Gasteiger partial charge is 0.341 e. The minimum atomic E-state index is 0.0800. The normalized spacial score (nSPS) is 27.2. The minimum absolute atomic E-state index is 0.0800. The van der Waals surface area contributed by atoms with Crippen LogP contribution >= 0.6 is 0 Å². The number of hydrogen-bond acceptors (Lipinski definition) is 3. The molecule has 1 aromatic rings. The van der Waals surface area contributed by atoms with Crippen LogP contribution in [0.15, 0.2) is 30.3 Å². The number of benzene rings is 1. The molecule has 2 atom stereocenters. The Bertz CT molecular complexity index is 625. The van der Waals surface area contributed by atoms with Gasteiger partial charge in [-0.15, -0.1) is 0 Å². The van der Waals surface area contributed by atoms with Crippen molar-refractivity contribution in [3.63, 3.8) is 0 Å². The zero-order valence-electron chi connectivity index (χ0n) is 14.7. The highest BCUT2D eigenvalue weighted by Gasteiger charge is 2.35. The summed E-state index contributed by atoms with van der Waals surface area (Å²) in [5.74, 6) is 0.473. The first-order valence-electron chi connectivity index (χ1n) is 9.60. The molecule has 2 unspecified atom stereocenters. The second-order valence-electron chi connectivity index (χ2n) is 7.64. The SMILES string of the molecule is O=C(c1ccccc1)N1CCC(C(=O)N2CCC3CCC(C2)N3)CC1. The van der Waals surface area contributed by atoms with E-state index in [0.29, 0.717) is 31.1 Å². The van der Waals surface area contributed by atoms with Crippen LogP contribution in [0, 0.1) is 5.92 Å². The Morgan fingerprint density at radius 3 is 2.28 bits per heavy atom. The molecule has 25 heavy (non-hydrogen) atoms. The van der Waals surface area contributed by atoms with Crippen LogP contribution in [-0.4, -0.2) is 59.9 Å². The van der Waals surface area contributed by atoms with E-state index in [1.54, 1.807) is 0 Å². The van der Waals surface area contributed by atoms with Crippen LogP contribution in [0.4, 0.5) is 0 Å². The van der Waals surface area contributed by atoms with Crippen molar-refractivity contribution in [1.29, 1.82) is 0 Å². The molecule has 3 fully saturated rings. The molecule has 3 aliphatic rings. The number of fused-ring (bicyclic) bond motifs is 2. The van der Waals surface area contributed by atoms with Gasteiger partial charge in [0.25, 0.3) is 5.91 Å². The topological polar surface area (TPSA) is 52.7 Å². The van der Waals surface area contributed by atoms with Crippen molar-refractivity contribution in [1.82, 2.24) is 15.1 Å². The lowest BCUT2D eigenvalue weighted by Gasteiger charge is -2.34. The highest BCUT2D eigenvalue weighted by molar-refractivity contribution is 5.94. The third-order valence-corrected chi connectivity index (χ3v) is 5.99. The summed E-state index contributed by atoms with van der Waals surface area (Å²) in [5.41, 5.74) is 0.738. The van der Waals surface area contributed by atoms with E-state index in [-0.39, 0.29) is 11.8 Å². The van der Waals surface area contributed by atoms with E-state index < -0.39 is 0 Å². The molecule has 1 aromatic carbocycles. The van der Waals surface area contributed by atoms with Gasteiger partial charge in [-0.1, -0.05) is 18.2 Å². The summed E-state index contributed by atoms with van der Waals surface area (Å²) in [5, 5.41) is 3.63. The van der Waals surface area contributed by atoms with Crippen molar-refractivity contribution in [3.05, 3.63) is 35.9 Å². The molecule has 0 spiro atoms. The van der Waals surface area contributed by atoms with Crippen LogP contribution < -0.4 is 5.32 Å². The summed E-state index contributed by atoms with van der Waals surface area (Å²) < 4.78 is 0. The van der Waals surface area contributed by atoms with Crippen LogP contribution in [0.25, 0.3) is 0 Å². The van der Waals surface area contributed by atoms with Crippen molar-refractivity contribution in [2.24, 2.45) is 5.92 Å². The summed E-state index contributed by atoms with van der Waals surface area (Å²) >= 11 is 0. The molecule has 0 radical (unpaired) electrons. The Morgan fingerprint density at radius 2 is 1.52 bits per heavy atom. The van der Waals surface area contributed by atoms with E-state index in [0.717, 1.165) is 37.9 Å². The third kappa shape index (κ3) is 3.56. The molecule has 5 nitrogen and oxygen atoms in total. The predicted octanol–water partition coefficient (Wildman–Crippen LogP) is 1.89. The molecule has 0 aliphatic carbocycles. The zero-order chi connectivity index (χ0) is 17.2. The van der Waals surface area contributed by atoms with Crippen molar-refractivity contribution in [2.75, 3.05) is 26.2 Å². The maximum atomic E-state index is 12.9. The Morgan fingerprint density at radius 1 is 0.840 bits per heavy atom. The molecule has 4 rings (SSSR count). The number of rotatable bonds is 2. The Kier molecular flexibility index (Phi) is 4.75. The molecule has 3 aliphatic heterocycles. The number of nitrogens with zero attached hydrogens (tertiary/aromatic N) is 2. The number of piperidine rings is 1. The maximum absolute atomic E-state index is 12.9. The number of carbonyl (C=O) groups excluding carboxylic acids is 2. The van der Waals surface area contributed by atoms with E-state index in [9.17, 15) is 9.59 Å². The lowest BCUT2D eigenvalue weighted by atomic mass is 9.94. The highest BCUT2D eigenvalue weighted by atomic mass is 16.2. The van der Waals surface area contributed by atoms with Crippen LogP contribution in [-0.2, 0) is 4.79 Å². The van der Waals surface area contributed by atoms with Gasteiger partial charge in [0, 0.05) is 49.7 Å². The van der Waals surface area contributed by atoms with Crippen molar-refractivity contribution >= 4 is 11.8 Å². The second-order valence-corrected chi connectivity index (χ2v) is 7.64. The number of nitrogens with one attached hydrogen (secondary N) is 1. The van der Waals surface area contributed by atoms with Crippen LogP contribution in [0.5, 0.6) is 0 Å². The van der Waals surface area contributed by atoms with Crippen LogP contribution in [0.1, 0.15) is 42.5 Å². The third-order valence-electron chi connectivity index (χ3n) is 5.99. The van der Waals surface area contributed by atoms with Gasteiger partial charge in [-0.3, -0.25) is 9.59 Å². The van der Waals surface area contributed by atoms with Gasteiger partial charge in [0.1, 0.15) is 0 Å². The fourth-order valence-electron chi connectivity index (χ4n) is 4.49. The number of likely N-dealkylation sites (tertiary alicyclic amines) is 2. The van der Waals surface area contributed by atoms with Crippen molar-refractivity contribution < 1.29 is 9.59 Å². The summed E-state index contributed by atoms with van der Waals surface area (Å²) in [6.45, 7) is 3.11. The predicted molar refractivity (Wildman–Crippen MR) is 96.2 cm³/mol. The molecule has 0 saturated carbocycles. The maximum Gasteiger partial charge on any atom is 0.253 e. The molecule has 2 bridgehead atoms. The molecule has 3 heterocycles. The van der Waals surface area contributed by atoms with Crippen molar-refractivity contribution in [2.45, 2.75) is 44.2 Å². The second kappa shape index (κ2) is 7.16. The van der Waals surface area contributed by atoms with Gasteiger partial charge >= 0.3 is 0 Å². The monoisotopic (exact) mass is 341 g/mol. The first-order valence-corrected chi connectivity index (χ1v) is 9.60. The van der Waals surface area contributed by atoms with Crippen molar-refractivity contribution in [3.8, 4) is 0 Å². The van der Waals surface area contributed by atoms with Crippen LogP contribution in [0.2, 0.25) is 0 Å². The van der Waals surface area contributed by atoms with Gasteiger partial charge in [0.05, 0.1) is 0 Å². The first kappa shape index (κ1) is 16.6. The molecule has 5 heteroatoms. The molecular formula is C20H27N3O2. The first-order chi connectivity index (χ1) is 12.2. The molecule has 2 amide bonds. The molecule has 3 saturated heterocycles. The zero-order valence-corrected chi connectivity index (χ0v) is 14.7. The van der Waals surface area contributed by atoms with Gasteiger partial charge in [-0.25, -0.2) is 0 Å². The highest BCUT2D eigenvalue weighted by Crippen LogP contribution is 2.25. The standard InChI is InChI=1S/C20H27N3O2/c24-19(15-4-2-1-3-5-15)22-11-8-16(9-12-22)20(25)23-13-10-17-6-7-18(14-23)21-17/h1-5,16-18,21H,6-14H2. The number of hydrogen-bond donors (Lipinski definition) is 1. The van der Waals surface area contributed by atoms with Gasteiger partial charge < -0.3 is 15.1 Å². The van der Waals surface area contributed by atoms with Gasteiger partial charge in [0.15, 0.2) is 0 Å². The fourth-order valence-corrected chi connectivity index (χ4v) is 4.49. The van der Waals surface area contributed by atoms with Crippen LogP contribution in [0.3, 0.4) is 0 Å². The smallest absolute Gasteiger partial charge is 0.253 e. The van der Waals surface area contributed by atoms with E-state index in [2.05, 4.69) is 10.2 Å². The van der Waals surface area contributed by atoms with Gasteiger partial charge in [0.2, 0.25) is 5.91 Å². The lowest BCUT2D eigenvalue weighted by Crippen LogP contribution is -2.46. The van der Waals surface area contributed by atoms with E-state index in [4.69, 9.17) is 0 Å². The Labute approximate surface area is 149 Å². The number of amides is 2. The summed E-state index contributed by atoms with van der Waals surface area (Å²) in [7, 11) is 0. The number of carbonyl (C=O) groups is 2. The Hall–Kier alpha value is -1.88. The van der Waals surface area contributed by atoms with E-state index in [1.807, 2.05) is 35.2 Å². The van der Waals surface area contributed by atoms with E-state index in [1.165, 1.54) is 12.8 Å². The average Bonchev–Trinajstić information content (AvgIpc) is 3.00. The molecular weight excluding hydrogens is 314 g/mol. The lowest BCUT2D eigenvalue weighted by molar-refractivity contribution is -0.137. The van der Waals surface area contributed by atoms with E-state index >= 15 is 0 Å². The molecule has 1 N–H and O–H groups in total. The summed E-state index contributed by atoms with van der Waals surface area (Å²) in [6, 6.07) is 10.5. The Balaban J connectivity index is 1.32. The molecule has 0 aromatic heterocycles. The van der Waals surface area contributed by atoms with Gasteiger partial charge in [-0.05, 0) is 44.2 Å². The molecule has 134 valence electrons.